The second-order valence-electron chi connectivity index (χ2n) is 3.45. The second-order valence-corrected chi connectivity index (χ2v) is 3.45. The smallest absolute Gasteiger partial charge is 0.126 e. The van der Waals surface area contributed by atoms with Crippen LogP contribution >= 0.6 is 0 Å². The third kappa shape index (κ3) is 3.85. The Morgan fingerprint density at radius 1 is 1.53 bits per heavy atom. The molecule has 0 radical (unpaired) electrons. The maximum Gasteiger partial charge on any atom is 0.126 e. The minimum atomic E-state index is -0.555. The predicted molar refractivity (Wildman–Crippen MR) is 57.5 cm³/mol. The summed E-state index contributed by atoms with van der Waals surface area (Å²) in [5.74, 6) is -0.224. The zero-order valence-corrected chi connectivity index (χ0v) is 8.96. The molecule has 0 amide bonds. The largest absolute Gasteiger partial charge is 0.389 e. The molecular formula is C11H16FNO2. The Morgan fingerprint density at radius 3 is 2.87 bits per heavy atom. The molecule has 15 heavy (non-hydrogen) atoms. The molecule has 0 fully saturated rings. The highest BCUT2D eigenvalue weighted by molar-refractivity contribution is 5.45. The number of hydrogen-bond acceptors (Lipinski definition) is 3. The monoisotopic (exact) mass is 213 g/mol. The molecule has 0 aliphatic rings. The summed E-state index contributed by atoms with van der Waals surface area (Å²) in [6.45, 7) is 2.37. The summed E-state index contributed by atoms with van der Waals surface area (Å²) in [6, 6.07) is 4.75. The van der Waals surface area contributed by atoms with Crippen LogP contribution in [0, 0.1) is 12.7 Å². The molecule has 1 rings (SSSR count). The van der Waals surface area contributed by atoms with Crippen LogP contribution in [0.5, 0.6) is 0 Å². The van der Waals surface area contributed by atoms with Gasteiger partial charge in [0.2, 0.25) is 0 Å². The fraction of sp³-hybridized carbons (Fsp3) is 0.455. The first kappa shape index (κ1) is 11.9. The highest BCUT2D eigenvalue weighted by Gasteiger charge is 2.03. The molecule has 1 aromatic carbocycles. The zero-order valence-electron chi connectivity index (χ0n) is 8.96. The van der Waals surface area contributed by atoms with Crippen molar-refractivity contribution >= 4 is 5.69 Å². The van der Waals surface area contributed by atoms with Crippen molar-refractivity contribution in [2.75, 3.05) is 25.6 Å². The topological polar surface area (TPSA) is 41.5 Å². The van der Waals surface area contributed by atoms with Crippen LogP contribution in [0.3, 0.4) is 0 Å². The standard InChI is InChI=1S/C11H16FNO2/c1-8-5-9(3-4-11(8)12)13-6-10(14)7-15-2/h3-5,10,13-14H,6-7H2,1-2H3. The molecule has 1 unspecified atom stereocenters. The van der Waals surface area contributed by atoms with Crippen LogP contribution < -0.4 is 5.32 Å². The van der Waals surface area contributed by atoms with E-state index in [1.165, 1.54) is 13.2 Å². The average molecular weight is 213 g/mol. The molecular weight excluding hydrogens is 197 g/mol. The van der Waals surface area contributed by atoms with E-state index < -0.39 is 6.10 Å². The van der Waals surface area contributed by atoms with E-state index in [2.05, 4.69) is 5.32 Å². The van der Waals surface area contributed by atoms with Crippen LogP contribution in [0.4, 0.5) is 10.1 Å². The molecule has 1 atom stereocenters. The van der Waals surface area contributed by atoms with Crippen LogP contribution in [-0.2, 0) is 4.74 Å². The number of halogens is 1. The van der Waals surface area contributed by atoms with Gasteiger partial charge in [0, 0.05) is 19.3 Å². The summed E-state index contributed by atoms with van der Waals surface area (Å²) < 4.78 is 17.7. The van der Waals surface area contributed by atoms with E-state index in [0.717, 1.165) is 5.69 Å². The van der Waals surface area contributed by atoms with Crippen molar-refractivity contribution in [3.05, 3.63) is 29.6 Å². The molecule has 3 nitrogen and oxygen atoms in total. The van der Waals surface area contributed by atoms with Crippen molar-refractivity contribution in [2.24, 2.45) is 0 Å². The lowest BCUT2D eigenvalue weighted by Gasteiger charge is -2.12. The maximum atomic E-state index is 12.9. The van der Waals surface area contributed by atoms with E-state index in [1.807, 2.05) is 0 Å². The first-order valence-corrected chi connectivity index (χ1v) is 4.80. The summed E-state index contributed by atoms with van der Waals surface area (Å²) >= 11 is 0. The van der Waals surface area contributed by atoms with Gasteiger partial charge in [-0.1, -0.05) is 0 Å². The Bertz CT molecular complexity index is 317. The number of nitrogens with one attached hydrogen (secondary N) is 1. The van der Waals surface area contributed by atoms with Crippen molar-refractivity contribution in [3.8, 4) is 0 Å². The van der Waals surface area contributed by atoms with E-state index >= 15 is 0 Å². The van der Waals surface area contributed by atoms with Crippen LogP contribution in [0.15, 0.2) is 18.2 Å². The number of aliphatic hydroxyl groups is 1. The van der Waals surface area contributed by atoms with Gasteiger partial charge in [0.05, 0.1) is 12.7 Å². The number of aliphatic hydroxyl groups excluding tert-OH is 1. The van der Waals surface area contributed by atoms with Gasteiger partial charge in [-0.3, -0.25) is 0 Å². The first-order chi connectivity index (χ1) is 7.13. The lowest BCUT2D eigenvalue weighted by molar-refractivity contribution is 0.0727. The van der Waals surface area contributed by atoms with Gasteiger partial charge in [0.15, 0.2) is 0 Å². The van der Waals surface area contributed by atoms with Crippen molar-refractivity contribution in [1.82, 2.24) is 0 Å². The number of anilines is 1. The minimum absolute atomic E-state index is 0.224. The van der Waals surface area contributed by atoms with Gasteiger partial charge >= 0.3 is 0 Å². The van der Waals surface area contributed by atoms with E-state index in [4.69, 9.17) is 4.74 Å². The SMILES string of the molecule is COCC(O)CNc1ccc(F)c(C)c1. The fourth-order valence-corrected chi connectivity index (χ4v) is 1.24. The lowest BCUT2D eigenvalue weighted by atomic mass is 10.2. The van der Waals surface area contributed by atoms with Gasteiger partial charge in [-0.25, -0.2) is 4.39 Å². The molecule has 0 bridgehead atoms. The predicted octanol–water partition coefficient (Wildman–Crippen LogP) is 1.55. The molecule has 0 aliphatic heterocycles. The van der Waals surface area contributed by atoms with E-state index in [1.54, 1.807) is 19.1 Å². The van der Waals surface area contributed by atoms with Crippen molar-refractivity contribution in [3.63, 3.8) is 0 Å². The van der Waals surface area contributed by atoms with E-state index in [9.17, 15) is 9.50 Å². The lowest BCUT2D eigenvalue weighted by Crippen LogP contribution is -2.24. The number of hydrogen-bond donors (Lipinski definition) is 2. The number of methoxy groups -OCH3 is 1. The van der Waals surface area contributed by atoms with Crippen molar-refractivity contribution in [2.45, 2.75) is 13.0 Å². The Kier molecular flexibility index (Phi) is 4.52. The molecule has 4 heteroatoms. The van der Waals surface area contributed by atoms with Crippen LogP contribution in [0.1, 0.15) is 5.56 Å². The molecule has 2 N–H and O–H groups in total. The number of ether oxygens (including phenoxy) is 1. The molecule has 0 saturated heterocycles. The van der Waals surface area contributed by atoms with Crippen molar-refractivity contribution < 1.29 is 14.2 Å². The second kappa shape index (κ2) is 5.68. The summed E-state index contributed by atoms with van der Waals surface area (Å²) in [7, 11) is 1.53. The van der Waals surface area contributed by atoms with Gasteiger partial charge < -0.3 is 15.2 Å². The van der Waals surface area contributed by atoms with Crippen molar-refractivity contribution in [1.29, 1.82) is 0 Å². The minimum Gasteiger partial charge on any atom is -0.389 e. The summed E-state index contributed by atoms with van der Waals surface area (Å²) in [5.41, 5.74) is 1.38. The van der Waals surface area contributed by atoms with Crippen LogP contribution in [0.2, 0.25) is 0 Å². The quantitative estimate of drug-likeness (QED) is 0.779. The number of aryl methyl sites for hydroxylation is 1. The molecule has 0 heterocycles. The molecule has 1 aromatic rings. The van der Waals surface area contributed by atoms with E-state index in [0.29, 0.717) is 12.1 Å². The Balaban J connectivity index is 2.47. The third-order valence-electron chi connectivity index (χ3n) is 2.06. The Labute approximate surface area is 88.9 Å². The zero-order chi connectivity index (χ0) is 11.3. The van der Waals surface area contributed by atoms with Gasteiger partial charge in [-0.05, 0) is 30.7 Å². The molecule has 84 valence electrons. The molecule has 0 spiro atoms. The average Bonchev–Trinajstić information content (AvgIpc) is 2.20. The molecule has 0 saturated carbocycles. The van der Waals surface area contributed by atoms with Crippen LogP contribution in [0.25, 0.3) is 0 Å². The Morgan fingerprint density at radius 2 is 2.27 bits per heavy atom. The molecule has 0 aliphatic carbocycles. The summed E-state index contributed by atoms with van der Waals surface area (Å²) in [4.78, 5) is 0. The highest BCUT2D eigenvalue weighted by Crippen LogP contribution is 2.13. The maximum absolute atomic E-state index is 12.9. The fourth-order valence-electron chi connectivity index (χ4n) is 1.24. The number of rotatable bonds is 5. The summed E-state index contributed by atoms with van der Waals surface area (Å²) in [5, 5.41) is 12.4. The molecule has 0 aromatic heterocycles. The highest BCUT2D eigenvalue weighted by atomic mass is 19.1. The Hall–Kier alpha value is -1.13. The van der Waals surface area contributed by atoms with Gasteiger partial charge in [-0.15, -0.1) is 0 Å². The summed E-state index contributed by atoms with van der Waals surface area (Å²) in [6.07, 6.45) is -0.555. The normalized spacial score (nSPS) is 12.5. The van der Waals surface area contributed by atoms with Gasteiger partial charge in [0.1, 0.15) is 5.82 Å². The first-order valence-electron chi connectivity index (χ1n) is 4.80. The van der Waals surface area contributed by atoms with Gasteiger partial charge in [0.25, 0.3) is 0 Å². The van der Waals surface area contributed by atoms with Gasteiger partial charge in [-0.2, -0.15) is 0 Å². The number of benzene rings is 1. The van der Waals surface area contributed by atoms with E-state index in [-0.39, 0.29) is 12.4 Å². The third-order valence-corrected chi connectivity index (χ3v) is 2.06. The van der Waals surface area contributed by atoms with Crippen LogP contribution in [-0.4, -0.2) is 31.5 Å².